The number of benzene rings is 2. The normalized spacial score (nSPS) is 13.9. The largest absolute Gasteiger partial charge is 0.440 e. The molecule has 2 aromatic rings. The first-order chi connectivity index (χ1) is 8.24. The Labute approximate surface area is 102 Å². The van der Waals surface area contributed by atoms with Crippen molar-refractivity contribution in [2.75, 3.05) is 6.16 Å². The smallest absolute Gasteiger partial charge is 0.276 e. The lowest BCUT2D eigenvalue weighted by Crippen LogP contribution is -2.11. The molecule has 1 unspecified atom stereocenters. The van der Waals surface area contributed by atoms with Gasteiger partial charge in [0, 0.05) is 11.5 Å². The van der Waals surface area contributed by atoms with Crippen LogP contribution in [0.5, 0.6) is 5.75 Å². The van der Waals surface area contributed by atoms with Crippen molar-refractivity contribution in [2.45, 2.75) is 6.92 Å². The number of hydrogen-bond acceptors (Lipinski definition) is 2. The third kappa shape index (κ3) is 2.78. The summed E-state index contributed by atoms with van der Waals surface area (Å²) >= 11 is 0. The molecule has 3 heteroatoms. The third-order valence-corrected chi connectivity index (χ3v) is 4.99. The van der Waals surface area contributed by atoms with Crippen LogP contribution in [0.2, 0.25) is 0 Å². The van der Waals surface area contributed by atoms with Gasteiger partial charge in [0.05, 0.1) is 0 Å². The molecule has 0 bridgehead atoms. The molecule has 0 heterocycles. The summed E-state index contributed by atoms with van der Waals surface area (Å²) in [5, 5.41) is 0.770. The molecule has 2 nitrogen and oxygen atoms in total. The van der Waals surface area contributed by atoms with E-state index in [0.717, 1.165) is 5.30 Å². The minimum Gasteiger partial charge on any atom is -0.440 e. The van der Waals surface area contributed by atoms with Gasteiger partial charge >= 0.3 is 0 Å². The van der Waals surface area contributed by atoms with E-state index < -0.39 is 7.37 Å². The zero-order chi connectivity index (χ0) is 12.1. The van der Waals surface area contributed by atoms with Gasteiger partial charge in [-0.3, -0.25) is 4.57 Å². The van der Waals surface area contributed by atoms with Crippen molar-refractivity contribution in [3.8, 4) is 5.75 Å². The minimum atomic E-state index is -2.77. The average molecular weight is 246 g/mol. The summed E-state index contributed by atoms with van der Waals surface area (Å²) in [4.78, 5) is 0. The molecule has 0 radical (unpaired) electrons. The lowest BCUT2D eigenvalue weighted by atomic mass is 10.3. The van der Waals surface area contributed by atoms with Gasteiger partial charge in [-0.2, -0.15) is 0 Å². The molecule has 0 aromatic heterocycles. The second kappa shape index (κ2) is 5.20. The van der Waals surface area contributed by atoms with Crippen LogP contribution in [0.15, 0.2) is 60.7 Å². The standard InChI is InChI=1S/C14H15O2P/c1-2-17(15,14-11-7-4-8-12-14)16-13-9-5-3-6-10-13/h3-12H,2H2,1H3. The van der Waals surface area contributed by atoms with Gasteiger partial charge in [-0.15, -0.1) is 0 Å². The molecule has 1 atom stereocenters. The highest BCUT2D eigenvalue weighted by Crippen LogP contribution is 2.45. The van der Waals surface area contributed by atoms with Crippen molar-refractivity contribution in [1.82, 2.24) is 0 Å². The van der Waals surface area contributed by atoms with Crippen molar-refractivity contribution in [3.05, 3.63) is 60.7 Å². The molecular weight excluding hydrogens is 231 g/mol. The van der Waals surface area contributed by atoms with Crippen LogP contribution in [0.3, 0.4) is 0 Å². The second-order valence-electron chi connectivity index (χ2n) is 3.73. The van der Waals surface area contributed by atoms with Crippen LogP contribution in [-0.2, 0) is 4.57 Å². The zero-order valence-electron chi connectivity index (χ0n) is 9.74. The molecule has 0 spiro atoms. The van der Waals surface area contributed by atoms with E-state index in [-0.39, 0.29) is 0 Å². The molecule has 0 aliphatic rings. The van der Waals surface area contributed by atoms with Crippen LogP contribution in [0.4, 0.5) is 0 Å². The van der Waals surface area contributed by atoms with Crippen LogP contribution >= 0.6 is 7.37 Å². The maximum Gasteiger partial charge on any atom is 0.276 e. The van der Waals surface area contributed by atoms with Crippen molar-refractivity contribution < 1.29 is 9.09 Å². The molecule has 0 saturated heterocycles. The van der Waals surface area contributed by atoms with E-state index in [2.05, 4.69) is 0 Å². The summed E-state index contributed by atoms with van der Waals surface area (Å²) in [6, 6.07) is 18.7. The summed E-state index contributed by atoms with van der Waals surface area (Å²) < 4.78 is 18.4. The molecule has 0 amide bonds. The Bertz CT molecular complexity index is 508. The third-order valence-electron chi connectivity index (χ3n) is 2.56. The van der Waals surface area contributed by atoms with Gasteiger partial charge in [-0.05, 0) is 24.3 Å². The van der Waals surface area contributed by atoms with Gasteiger partial charge < -0.3 is 4.52 Å². The first-order valence-electron chi connectivity index (χ1n) is 5.64. The van der Waals surface area contributed by atoms with E-state index in [0.29, 0.717) is 11.9 Å². The fourth-order valence-corrected chi connectivity index (χ4v) is 3.29. The maximum atomic E-state index is 12.7. The van der Waals surface area contributed by atoms with Gasteiger partial charge in [0.1, 0.15) is 5.75 Å². The Morgan fingerprint density at radius 1 is 0.941 bits per heavy atom. The van der Waals surface area contributed by atoms with E-state index >= 15 is 0 Å². The van der Waals surface area contributed by atoms with Crippen LogP contribution in [0, 0.1) is 0 Å². The first-order valence-corrected chi connectivity index (χ1v) is 7.45. The molecule has 2 rings (SSSR count). The van der Waals surface area contributed by atoms with Crippen molar-refractivity contribution in [3.63, 3.8) is 0 Å². The van der Waals surface area contributed by atoms with E-state index in [1.54, 1.807) is 0 Å². The van der Waals surface area contributed by atoms with E-state index in [1.807, 2.05) is 67.6 Å². The van der Waals surface area contributed by atoms with Crippen LogP contribution in [0.25, 0.3) is 0 Å². The summed E-state index contributed by atoms with van der Waals surface area (Å²) in [5.41, 5.74) is 0. The van der Waals surface area contributed by atoms with Crippen LogP contribution in [0.1, 0.15) is 6.92 Å². The highest BCUT2D eigenvalue weighted by atomic mass is 31.2. The second-order valence-corrected chi connectivity index (χ2v) is 6.41. The van der Waals surface area contributed by atoms with E-state index in [1.165, 1.54) is 0 Å². The minimum absolute atomic E-state index is 0.492. The molecule has 88 valence electrons. The Balaban J connectivity index is 2.30. The number of para-hydroxylation sites is 1. The van der Waals surface area contributed by atoms with Crippen molar-refractivity contribution >= 4 is 12.7 Å². The number of hydrogen-bond donors (Lipinski definition) is 0. The lowest BCUT2D eigenvalue weighted by molar-refractivity contribution is 0.493. The van der Waals surface area contributed by atoms with Gasteiger partial charge in [-0.1, -0.05) is 43.3 Å². The van der Waals surface area contributed by atoms with E-state index in [4.69, 9.17) is 4.52 Å². The lowest BCUT2D eigenvalue weighted by Gasteiger charge is -2.18. The van der Waals surface area contributed by atoms with Gasteiger partial charge in [0.2, 0.25) is 0 Å². The molecule has 2 aromatic carbocycles. The highest BCUT2D eigenvalue weighted by Gasteiger charge is 2.24. The quantitative estimate of drug-likeness (QED) is 0.769. The fourth-order valence-electron chi connectivity index (χ4n) is 1.61. The molecule has 0 saturated carbocycles. The summed E-state index contributed by atoms with van der Waals surface area (Å²) in [7, 11) is -2.77. The molecular formula is C14H15O2P. The number of rotatable bonds is 4. The predicted molar refractivity (Wildman–Crippen MR) is 71.3 cm³/mol. The fraction of sp³-hybridized carbons (Fsp3) is 0.143. The topological polar surface area (TPSA) is 26.3 Å². The Morgan fingerprint density at radius 3 is 2.00 bits per heavy atom. The summed E-state index contributed by atoms with van der Waals surface area (Å²) in [6.07, 6.45) is 0.492. The van der Waals surface area contributed by atoms with Crippen LogP contribution < -0.4 is 9.83 Å². The SMILES string of the molecule is CCP(=O)(Oc1ccccc1)c1ccccc1. The van der Waals surface area contributed by atoms with Gasteiger partial charge in [0.25, 0.3) is 7.37 Å². The zero-order valence-corrected chi connectivity index (χ0v) is 10.6. The average Bonchev–Trinajstić information content (AvgIpc) is 2.41. The Kier molecular flexibility index (Phi) is 3.65. The molecule has 0 aliphatic carbocycles. The summed E-state index contributed by atoms with van der Waals surface area (Å²) in [6.45, 7) is 1.89. The first kappa shape index (κ1) is 11.9. The van der Waals surface area contributed by atoms with Crippen molar-refractivity contribution in [1.29, 1.82) is 0 Å². The Morgan fingerprint density at radius 2 is 1.47 bits per heavy atom. The maximum absolute atomic E-state index is 12.7. The highest BCUT2D eigenvalue weighted by molar-refractivity contribution is 7.67. The predicted octanol–water partition coefficient (Wildman–Crippen LogP) is 3.69. The molecule has 17 heavy (non-hydrogen) atoms. The van der Waals surface area contributed by atoms with Gasteiger partial charge in [0.15, 0.2) is 0 Å². The molecule has 0 fully saturated rings. The molecule has 0 aliphatic heterocycles. The van der Waals surface area contributed by atoms with Crippen LogP contribution in [-0.4, -0.2) is 6.16 Å². The summed E-state index contributed by atoms with van der Waals surface area (Å²) in [5.74, 6) is 0.654. The van der Waals surface area contributed by atoms with Gasteiger partial charge in [-0.25, -0.2) is 0 Å². The molecule has 0 N–H and O–H groups in total. The van der Waals surface area contributed by atoms with Crippen molar-refractivity contribution in [2.24, 2.45) is 0 Å². The van der Waals surface area contributed by atoms with E-state index in [9.17, 15) is 4.57 Å². The Hall–Kier alpha value is -1.53. The monoisotopic (exact) mass is 246 g/mol.